The largest absolute Gasteiger partial charge is 0.312 e. The summed E-state index contributed by atoms with van der Waals surface area (Å²) in [7, 11) is 2.22. The van der Waals surface area contributed by atoms with Crippen LogP contribution in [0.25, 0.3) is 11.1 Å². The van der Waals surface area contributed by atoms with Crippen molar-refractivity contribution in [3.63, 3.8) is 0 Å². The zero-order valence-corrected chi connectivity index (χ0v) is 18.7. The second-order valence-electron chi connectivity index (χ2n) is 8.96. The highest BCUT2D eigenvalue weighted by Gasteiger charge is 2.36. The molecule has 32 heavy (non-hydrogen) atoms. The fourth-order valence-corrected chi connectivity index (χ4v) is 5.07. The Morgan fingerprint density at radius 2 is 1.53 bits per heavy atom. The second kappa shape index (κ2) is 9.13. The predicted molar refractivity (Wildman–Crippen MR) is 130 cm³/mol. The van der Waals surface area contributed by atoms with E-state index in [-0.39, 0.29) is 5.91 Å². The fourth-order valence-electron chi connectivity index (χ4n) is 5.07. The summed E-state index contributed by atoms with van der Waals surface area (Å²) in [5.41, 5.74) is 5.52. The van der Waals surface area contributed by atoms with Gasteiger partial charge in [0.25, 0.3) is 5.91 Å². The lowest BCUT2D eigenvalue weighted by Crippen LogP contribution is -2.41. The number of carbonyl (C=O) groups is 1. The van der Waals surface area contributed by atoms with Crippen molar-refractivity contribution >= 4 is 5.91 Å². The summed E-state index contributed by atoms with van der Waals surface area (Å²) in [6.45, 7) is 0.707. The van der Waals surface area contributed by atoms with Gasteiger partial charge in [-0.1, -0.05) is 72.8 Å². The number of likely N-dealkylation sites (N-methyl/N-ethyl adjacent to an activating group) is 1. The molecular weight excluding hydrogens is 392 g/mol. The van der Waals surface area contributed by atoms with Crippen molar-refractivity contribution in [2.45, 2.75) is 37.8 Å². The molecule has 2 bridgehead atoms. The zero-order valence-electron chi connectivity index (χ0n) is 18.7. The highest BCUT2D eigenvalue weighted by molar-refractivity contribution is 5.96. The molecule has 3 nitrogen and oxygen atoms in total. The molecule has 0 aromatic heterocycles. The van der Waals surface area contributed by atoms with Gasteiger partial charge in [0.2, 0.25) is 0 Å². The molecule has 1 amide bonds. The molecule has 3 aromatic carbocycles. The third-order valence-corrected chi connectivity index (χ3v) is 7.02. The highest BCUT2D eigenvalue weighted by atomic mass is 16.2. The minimum Gasteiger partial charge on any atom is -0.312 e. The molecule has 2 heterocycles. The number of hydrogen-bond donors (Lipinski definition) is 0. The van der Waals surface area contributed by atoms with Crippen LogP contribution in [0.2, 0.25) is 0 Å². The van der Waals surface area contributed by atoms with Crippen molar-refractivity contribution in [1.82, 2.24) is 9.80 Å². The molecule has 1 fully saturated rings. The lowest BCUT2D eigenvalue weighted by atomic mass is 10.0. The first-order valence-electron chi connectivity index (χ1n) is 11.6. The van der Waals surface area contributed by atoms with Crippen LogP contribution in [0.4, 0.5) is 0 Å². The number of fused-ring (bicyclic) bond motifs is 2. The number of hydrogen-bond acceptors (Lipinski definition) is 2. The van der Waals surface area contributed by atoms with Gasteiger partial charge in [-0.05, 0) is 61.2 Å². The molecule has 0 unspecified atom stereocenters. The van der Waals surface area contributed by atoms with Gasteiger partial charge in [0, 0.05) is 36.3 Å². The molecule has 0 radical (unpaired) electrons. The van der Waals surface area contributed by atoms with Crippen LogP contribution in [0.5, 0.6) is 0 Å². The van der Waals surface area contributed by atoms with E-state index in [1.807, 2.05) is 41.3 Å². The Kier molecular flexibility index (Phi) is 5.91. The highest BCUT2D eigenvalue weighted by Crippen LogP contribution is 2.35. The van der Waals surface area contributed by atoms with Crippen LogP contribution in [0.15, 0.2) is 96.7 Å². The fraction of sp³-hybridized carbons (Fsp3) is 0.276. The summed E-state index contributed by atoms with van der Waals surface area (Å²) in [5.74, 6) is 0.107. The third-order valence-electron chi connectivity index (χ3n) is 7.02. The molecule has 2 aliphatic heterocycles. The van der Waals surface area contributed by atoms with Gasteiger partial charge in [0.15, 0.2) is 0 Å². The minimum atomic E-state index is 0.107. The summed E-state index contributed by atoms with van der Waals surface area (Å²) in [6.07, 6.45) is 6.56. The van der Waals surface area contributed by atoms with Crippen LogP contribution in [-0.4, -0.2) is 41.4 Å². The van der Waals surface area contributed by atoms with E-state index in [9.17, 15) is 4.79 Å². The van der Waals surface area contributed by atoms with E-state index in [0.717, 1.165) is 24.0 Å². The van der Waals surface area contributed by atoms with Gasteiger partial charge in [-0.3, -0.25) is 9.69 Å². The molecule has 3 heteroatoms. The lowest BCUT2D eigenvalue weighted by Gasteiger charge is -2.35. The molecule has 3 aromatic rings. The van der Waals surface area contributed by atoms with Crippen molar-refractivity contribution in [3.05, 3.63) is 108 Å². The zero-order chi connectivity index (χ0) is 21.9. The Morgan fingerprint density at radius 3 is 2.22 bits per heavy atom. The van der Waals surface area contributed by atoms with Crippen molar-refractivity contribution in [1.29, 1.82) is 0 Å². The molecule has 5 rings (SSSR count). The molecule has 2 atom stereocenters. The summed E-state index contributed by atoms with van der Waals surface area (Å²) in [4.78, 5) is 18.2. The molecule has 162 valence electrons. The van der Waals surface area contributed by atoms with Crippen LogP contribution in [0.3, 0.4) is 0 Å². The van der Waals surface area contributed by atoms with Gasteiger partial charge in [-0.25, -0.2) is 0 Å². The first kappa shape index (κ1) is 20.7. The normalized spacial score (nSPS) is 20.1. The summed E-state index contributed by atoms with van der Waals surface area (Å²) in [5, 5.41) is 0. The molecule has 0 spiro atoms. The molecule has 0 aliphatic carbocycles. The topological polar surface area (TPSA) is 23.6 Å². The maximum absolute atomic E-state index is 13.7. The summed E-state index contributed by atoms with van der Waals surface area (Å²) < 4.78 is 0. The van der Waals surface area contributed by atoms with E-state index in [2.05, 4.69) is 66.6 Å². The number of nitrogens with zero attached hydrogens (tertiary/aromatic N) is 2. The minimum absolute atomic E-state index is 0.107. The molecule has 1 saturated heterocycles. The maximum Gasteiger partial charge on any atom is 0.258 e. The van der Waals surface area contributed by atoms with E-state index in [0.29, 0.717) is 18.6 Å². The van der Waals surface area contributed by atoms with E-state index in [1.165, 1.54) is 29.7 Å². The lowest BCUT2D eigenvalue weighted by molar-refractivity contribution is 0.0787. The average molecular weight is 423 g/mol. The Bertz CT molecular complexity index is 1090. The summed E-state index contributed by atoms with van der Waals surface area (Å²) >= 11 is 0. The predicted octanol–water partition coefficient (Wildman–Crippen LogP) is 5.79. The quantitative estimate of drug-likeness (QED) is 0.502. The second-order valence-corrected chi connectivity index (χ2v) is 8.96. The number of benzene rings is 3. The first-order valence-corrected chi connectivity index (χ1v) is 11.6. The van der Waals surface area contributed by atoms with E-state index in [1.54, 1.807) is 0 Å². The Hall–Kier alpha value is -3.17. The van der Waals surface area contributed by atoms with E-state index < -0.39 is 0 Å². The first-order chi connectivity index (χ1) is 15.7. The van der Waals surface area contributed by atoms with Crippen molar-refractivity contribution in [3.8, 4) is 11.1 Å². The van der Waals surface area contributed by atoms with Crippen LogP contribution >= 0.6 is 0 Å². The van der Waals surface area contributed by atoms with Gasteiger partial charge >= 0.3 is 0 Å². The van der Waals surface area contributed by atoms with Gasteiger partial charge in [-0.2, -0.15) is 0 Å². The van der Waals surface area contributed by atoms with E-state index >= 15 is 0 Å². The average Bonchev–Trinajstić information content (AvgIpc) is 3.05. The number of rotatable bonds is 6. The molecule has 0 N–H and O–H groups in total. The Morgan fingerprint density at radius 1 is 0.875 bits per heavy atom. The van der Waals surface area contributed by atoms with Crippen molar-refractivity contribution < 1.29 is 4.79 Å². The molecule has 2 aliphatic rings. The van der Waals surface area contributed by atoms with Crippen LogP contribution < -0.4 is 0 Å². The third kappa shape index (κ3) is 4.26. The van der Waals surface area contributed by atoms with Gasteiger partial charge in [-0.15, -0.1) is 0 Å². The smallest absolute Gasteiger partial charge is 0.258 e. The van der Waals surface area contributed by atoms with Crippen LogP contribution in [-0.2, 0) is 6.42 Å². The number of amides is 1. The SMILES string of the molecule is CN1[C@H]2CC[C@@H]1C=C(N(CCc1ccccc1)C(=O)c1ccc(-c3ccccc3)cc1)C2. The van der Waals surface area contributed by atoms with Gasteiger partial charge < -0.3 is 4.90 Å². The molecule has 0 saturated carbocycles. The van der Waals surface area contributed by atoms with Crippen molar-refractivity contribution in [2.75, 3.05) is 13.6 Å². The number of carbonyl (C=O) groups excluding carboxylic acids is 1. The standard InChI is InChI=1S/C29H30N2O/c1-30-26-16-17-27(30)21-28(20-26)31(19-18-22-8-4-2-5-9-22)29(32)25-14-12-24(13-15-25)23-10-6-3-7-11-23/h2-15,20,26-27H,16-19,21H2,1H3/t26-,27+/m1/s1. The monoisotopic (exact) mass is 422 g/mol. The van der Waals surface area contributed by atoms with Crippen molar-refractivity contribution in [2.24, 2.45) is 0 Å². The maximum atomic E-state index is 13.7. The van der Waals surface area contributed by atoms with Crippen LogP contribution in [0.1, 0.15) is 35.2 Å². The van der Waals surface area contributed by atoms with E-state index in [4.69, 9.17) is 0 Å². The molecular formula is C29H30N2O. The van der Waals surface area contributed by atoms with Crippen LogP contribution in [0, 0.1) is 0 Å². The summed E-state index contributed by atoms with van der Waals surface area (Å²) in [6, 6.07) is 29.8. The van der Waals surface area contributed by atoms with Gasteiger partial charge in [0.05, 0.1) is 0 Å². The Balaban J connectivity index is 1.40. The Labute approximate surface area is 191 Å². The van der Waals surface area contributed by atoms with Gasteiger partial charge in [0.1, 0.15) is 0 Å².